The SMILES string of the molecule is Cc1cc(Cl)cc(-c2cnc3n2CCC3)c1OC1CCNCC1. The molecule has 2 aromatic rings. The summed E-state index contributed by atoms with van der Waals surface area (Å²) in [6, 6.07) is 4.01. The van der Waals surface area contributed by atoms with Crippen LogP contribution in [0.4, 0.5) is 0 Å². The molecule has 2 aliphatic heterocycles. The zero-order valence-corrected chi connectivity index (χ0v) is 14.2. The summed E-state index contributed by atoms with van der Waals surface area (Å²) in [5.41, 5.74) is 3.31. The molecule has 0 atom stereocenters. The van der Waals surface area contributed by atoms with Crippen molar-refractivity contribution < 1.29 is 4.74 Å². The molecule has 5 heteroatoms. The first-order valence-electron chi connectivity index (χ1n) is 8.44. The maximum atomic E-state index is 6.42. The van der Waals surface area contributed by atoms with E-state index in [9.17, 15) is 0 Å². The number of fused-ring (bicyclic) bond motifs is 1. The van der Waals surface area contributed by atoms with Gasteiger partial charge >= 0.3 is 0 Å². The van der Waals surface area contributed by atoms with Crippen molar-refractivity contribution in [1.82, 2.24) is 14.9 Å². The Morgan fingerprint density at radius 2 is 2.13 bits per heavy atom. The zero-order valence-electron chi connectivity index (χ0n) is 13.4. The molecule has 23 heavy (non-hydrogen) atoms. The van der Waals surface area contributed by atoms with E-state index in [1.807, 2.05) is 18.3 Å². The average molecular weight is 332 g/mol. The first-order valence-corrected chi connectivity index (χ1v) is 8.82. The number of rotatable bonds is 3. The van der Waals surface area contributed by atoms with Gasteiger partial charge in [-0.2, -0.15) is 0 Å². The molecule has 0 unspecified atom stereocenters. The molecule has 0 saturated carbocycles. The summed E-state index contributed by atoms with van der Waals surface area (Å²) in [5, 5.41) is 4.14. The van der Waals surface area contributed by atoms with Gasteiger partial charge in [-0.05, 0) is 57.0 Å². The smallest absolute Gasteiger partial charge is 0.132 e. The fraction of sp³-hybridized carbons (Fsp3) is 0.500. The van der Waals surface area contributed by atoms with E-state index >= 15 is 0 Å². The van der Waals surface area contributed by atoms with Gasteiger partial charge in [-0.1, -0.05) is 11.6 Å². The lowest BCUT2D eigenvalue weighted by Gasteiger charge is -2.26. The number of halogens is 1. The third kappa shape index (κ3) is 2.86. The second kappa shape index (κ2) is 6.17. The Bertz CT molecular complexity index is 719. The van der Waals surface area contributed by atoms with E-state index in [1.165, 1.54) is 12.2 Å². The Labute approximate surface area is 141 Å². The number of piperidine rings is 1. The number of imidazole rings is 1. The van der Waals surface area contributed by atoms with Crippen molar-refractivity contribution >= 4 is 11.6 Å². The van der Waals surface area contributed by atoms with Crippen molar-refractivity contribution in [2.45, 2.75) is 45.3 Å². The fourth-order valence-electron chi connectivity index (χ4n) is 3.63. The standard InChI is InChI=1S/C18H22ClN3O/c1-12-9-13(19)10-15(16-11-21-17-3-2-8-22(16)17)18(12)23-14-4-6-20-7-5-14/h9-11,14,20H,2-8H2,1H3. The molecule has 0 amide bonds. The summed E-state index contributed by atoms with van der Waals surface area (Å²) in [4.78, 5) is 4.57. The highest BCUT2D eigenvalue weighted by atomic mass is 35.5. The first-order chi connectivity index (χ1) is 11.2. The Kier molecular flexibility index (Phi) is 4.04. The maximum absolute atomic E-state index is 6.42. The summed E-state index contributed by atoms with van der Waals surface area (Å²) in [7, 11) is 0. The molecule has 1 N–H and O–H groups in total. The van der Waals surface area contributed by atoms with Gasteiger partial charge in [0, 0.05) is 23.6 Å². The predicted molar refractivity (Wildman–Crippen MR) is 92.3 cm³/mol. The van der Waals surface area contributed by atoms with Crippen LogP contribution in [0.25, 0.3) is 11.3 Å². The molecule has 0 spiro atoms. The maximum Gasteiger partial charge on any atom is 0.132 e. The van der Waals surface area contributed by atoms with Crippen LogP contribution in [0.1, 0.15) is 30.7 Å². The Morgan fingerprint density at radius 3 is 2.96 bits per heavy atom. The number of ether oxygens (including phenoxy) is 1. The number of nitrogens with zero attached hydrogens (tertiary/aromatic N) is 2. The summed E-state index contributed by atoms with van der Waals surface area (Å²) < 4.78 is 8.72. The Balaban J connectivity index is 1.75. The molecule has 4 nitrogen and oxygen atoms in total. The minimum atomic E-state index is 0.274. The molecular weight excluding hydrogens is 310 g/mol. The summed E-state index contributed by atoms with van der Waals surface area (Å²) in [5.74, 6) is 2.14. The third-order valence-corrected chi connectivity index (χ3v) is 5.02. The van der Waals surface area contributed by atoms with Crippen LogP contribution in [0.5, 0.6) is 5.75 Å². The van der Waals surface area contributed by atoms with Gasteiger partial charge in [0.2, 0.25) is 0 Å². The molecule has 1 aromatic heterocycles. The lowest BCUT2D eigenvalue weighted by molar-refractivity contribution is 0.162. The van der Waals surface area contributed by atoms with Gasteiger partial charge in [0.15, 0.2) is 0 Å². The van der Waals surface area contributed by atoms with Crippen LogP contribution in [0.3, 0.4) is 0 Å². The Hall–Kier alpha value is -1.52. The second-order valence-corrected chi connectivity index (χ2v) is 6.92. The van der Waals surface area contributed by atoms with Crippen LogP contribution in [0, 0.1) is 6.92 Å². The van der Waals surface area contributed by atoms with E-state index in [0.717, 1.165) is 66.5 Å². The highest BCUT2D eigenvalue weighted by Crippen LogP contribution is 2.38. The van der Waals surface area contributed by atoms with E-state index in [0.29, 0.717) is 0 Å². The number of hydrogen-bond donors (Lipinski definition) is 1. The van der Waals surface area contributed by atoms with Gasteiger partial charge < -0.3 is 14.6 Å². The van der Waals surface area contributed by atoms with Crippen molar-refractivity contribution in [3.63, 3.8) is 0 Å². The van der Waals surface area contributed by atoms with E-state index in [-0.39, 0.29) is 6.10 Å². The van der Waals surface area contributed by atoms with Crippen molar-refractivity contribution in [2.75, 3.05) is 13.1 Å². The van der Waals surface area contributed by atoms with Crippen LogP contribution in [-0.2, 0) is 13.0 Å². The fourth-order valence-corrected chi connectivity index (χ4v) is 3.90. The molecule has 3 heterocycles. The number of nitrogens with one attached hydrogen (secondary N) is 1. The van der Waals surface area contributed by atoms with Crippen molar-refractivity contribution in [3.8, 4) is 17.0 Å². The molecule has 4 rings (SSSR count). The predicted octanol–water partition coefficient (Wildman–Crippen LogP) is 3.59. The van der Waals surface area contributed by atoms with E-state index in [2.05, 4.69) is 21.8 Å². The van der Waals surface area contributed by atoms with E-state index in [1.54, 1.807) is 0 Å². The monoisotopic (exact) mass is 331 g/mol. The first kappa shape index (κ1) is 15.0. The average Bonchev–Trinajstić information content (AvgIpc) is 3.14. The highest BCUT2D eigenvalue weighted by molar-refractivity contribution is 6.31. The lowest BCUT2D eigenvalue weighted by Crippen LogP contribution is -2.34. The van der Waals surface area contributed by atoms with Crippen molar-refractivity contribution in [2.24, 2.45) is 0 Å². The Morgan fingerprint density at radius 1 is 1.30 bits per heavy atom. The normalized spacial score (nSPS) is 18.2. The topological polar surface area (TPSA) is 39.1 Å². The van der Waals surface area contributed by atoms with Crippen LogP contribution in [0.15, 0.2) is 18.3 Å². The minimum Gasteiger partial charge on any atom is -0.489 e. The summed E-state index contributed by atoms with van der Waals surface area (Å²) in [6.45, 7) is 5.15. The number of aromatic nitrogens is 2. The molecule has 0 bridgehead atoms. The van der Waals surface area contributed by atoms with Crippen LogP contribution in [-0.4, -0.2) is 28.7 Å². The molecule has 1 fully saturated rings. The van der Waals surface area contributed by atoms with Crippen molar-refractivity contribution in [1.29, 1.82) is 0 Å². The van der Waals surface area contributed by atoms with Gasteiger partial charge in [0.05, 0.1) is 11.9 Å². The quantitative estimate of drug-likeness (QED) is 0.934. The van der Waals surface area contributed by atoms with E-state index in [4.69, 9.17) is 16.3 Å². The van der Waals surface area contributed by atoms with Crippen LogP contribution in [0.2, 0.25) is 5.02 Å². The number of hydrogen-bond acceptors (Lipinski definition) is 3. The molecule has 2 aliphatic rings. The summed E-state index contributed by atoms with van der Waals surface area (Å²) >= 11 is 6.34. The van der Waals surface area contributed by atoms with Gasteiger partial charge in [0.1, 0.15) is 17.7 Å². The minimum absolute atomic E-state index is 0.274. The molecule has 0 aliphatic carbocycles. The molecule has 1 saturated heterocycles. The molecule has 1 aromatic carbocycles. The molecule has 122 valence electrons. The zero-order chi connectivity index (χ0) is 15.8. The largest absolute Gasteiger partial charge is 0.489 e. The van der Waals surface area contributed by atoms with Gasteiger partial charge in [-0.3, -0.25) is 0 Å². The van der Waals surface area contributed by atoms with Gasteiger partial charge in [0.25, 0.3) is 0 Å². The molecular formula is C18H22ClN3O. The van der Waals surface area contributed by atoms with Gasteiger partial charge in [-0.25, -0.2) is 4.98 Å². The van der Waals surface area contributed by atoms with E-state index < -0.39 is 0 Å². The number of aryl methyl sites for hydroxylation is 2. The van der Waals surface area contributed by atoms with Crippen LogP contribution < -0.4 is 10.1 Å². The van der Waals surface area contributed by atoms with Gasteiger partial charge in [-0.15, -0.1) is 0 Å². The van der Waals surface area contributed by atoms with Crippen LogP contribution >= 0.6 is 11.6 Å². The highest BCUT2D eigenvalue weighted by Gasteiger charge is 2.23. The van der Waals surface area contributed by atoms with Crippen molar-refractivity contribution in [3.05, 3.63) is 34.7 Å². The summed E-state index contributed by atoms with van der Waals surface area (Å²) in [6.07, 6.45) is 6.56. The lowest BCUT2D eigenvalue weighted by atomic mass is 10.1. The molecule has 0 radical (unpaired) electrons. The number of benzene rings is 1. The third-order valence-electron chi connectivity index (χ3n) is 4.81. The second-order valence-electron chi connectivity index (χ2n) is 6.48.